The fourth-order valence-corrected chi connectivity index (χ4v) is 3.33. The van der Waals surface area contributed by atoms with Crippen molar-refractivity contribution in [2.75, 3.05) is 45.9 Å². The number of hydrogen-bond donors (Lipinski definition) is 2. The van der Waals surface area contributed by atoms with Crippen molar-refractivity contribution in [3.8, 4) is 0 Å². The molecule has 0 bridgehead atoms. The third kappa shape index (κ3) is 2.61. The number of morpholine rings is 1. The van der Waals surface area contributed by atoms with Gasteiger partial charge in [-0.15, -0.1) is 0 Å². The first-order valence-electron chi connectivity index (χ1n) is 8.09. The summed E-state index contributed by atoms with van der Waals surface area (Å²) in [6.45, 7) is 4.72. The topological polar surface area (TPSA) is 77.1 Å². The van der Waals surface area contributed by atoms with Crippen LogP contribution in [0.4, 0.5) is 0 Å². The van der Waals surface area contributed by atoms with Gasteiger partial charge in [0.25, 0.3) is 11.8 Å². The van der Waals surface area contributed by atoms with E-state index in [4.69, 9.17) is 17.7 Å². The highest BCUT2D eigenvalue weighted by Gasteiger charge is 2.43. The number of carbonyl (C=O) groups is 2. The van der Waals surface area contributed by atoms with Gasteiger partial charge in [-0.3, -0.25) is 14.5 Å². The van der Waals surface area contributed by atoms with Gasteiger partial charge in [-0.25, -0.2) is 10.4 Å². The summed E-state index contributed by atoms with van der Waals surface area (Å²) in [7, 11) is 0. The molecule has 4 aliphatic rings. The maximum Gasteiger partial charge on any atom is 0.274 e. The molecule has 2 amide bonds. The largest absolute Gasteiger partial charge is 0.379 e. The molecule has 0 spiro atoms. The van der Waals surface area contributed by atoms with Gasteiger partial charge >= 0.3 is 0 Å². The van der Waals surface area contributed by atoms with Crippen LogP contribution in [0, 0.1) is 0 Å². The minimum atomic E-state index is -0.732. The SMILES string of the molecule is [2H]N1C(Cl)C=C2NC3=C(CN(CCN4CCOCC4)C3=O)C(=O)N21. The second kappa shape index (κ2) is 5.79. The number of nitrogens with zero attached hydrogens (tertiary/aromatic N) is 3. The van der Waals surface area contributed by atoms with E-state index in [-0.39, 0.29) is 18.4 Å². The fraction of sp³-hybridized carbons (Fsp3) is 0.571. The van der Waals surface area contributed by atoms with Crippen LogP contribution in [-0.4, -0.2) is 78.1 Å². The summed E-state index contributed by atoms with van der Waals surface area (Å²) >= 11 is 5.96. The van der Waals surface area contributed by atoms with Gasteiger partial charge in [0.05, 0.1) is 25.3 Å². The number of ether oxygens (including phenoxy) is 1. The Labute approximate surface area is 140 Å². The lowest BCUT2D eigenvalue weighted by molar-refractivity contribution is -0.128. The number of hydrazine groups is 1. The molecule has 9 heteroatoms. The summed E-state index contributed by atoms with van der Waals surface area (Å²) in [4.78, 5) is 29.1. The molecule has 4 rings (SSSR count). The molecule has 4 heterocycles. The molecule has 1 atom stereocenters. The number of rotatable bonds is 3. The van der Waals surface area contributed by atoms with E-state index in [2.05, 4.69) is 10.2 Å². The van der Waals surface area contributed by atoms with E-state index >= 15 is 0 Å². The Hall–Kier alpha value is -1.61. The molecule has 1 saturated heterocycles. The third-order valence-electron chi connectivity index (χ3n) is 4.39. The van der Waals surface area contributed by atoms with E-state index in [9.17, 15) is 9.59 Å². The molecule has 8 nitrogen and oxygen atoms in total. The van der Waals surface area contributed by atoms with Gasteiger partial charge in [0.2, 0.25) is 0 Å². The maximum absolute atomic E-state index is 12.6. The van der Waals surface area contributed by atoms with Crippen molar-refractivity contribution < 1.29 is 15.7 Å². The van der Waals surface area contributed by atoms with Gasteiger partial charge in [0.15, 0.2) is 1.41 Å². The predicted molar refractivity (Wildman–Crippen MR) is 81.7 cm³/mol. The average molecular weight is 341 g/mol. The Morgan fingerprint density at radius 1 is 1.30 bits per heavy atom. The lowest BCUT2D eigenvalue weighted by Gasteiger charge is -2.28. The average Bonchev–Trinajstić information content (AvgIpc) is 3.05. The standard InChI is InChI=1S/C14H18ClN5O3/c15-10-7-11-16-12-9(13(21)20(11)17-10)8-19(14(12)22)2-1-18-3-5-23-6-4-18/h7,10,16-17H,1-6,8H2/i/hD. The van der Waals surface area contributed by atoms with Crippen LogP contribution >= 0.6 is 11.6 Å². The van der Waals surface area contributed by atoms with E-state index in [1.54, 1.807) is 11.0 Å². The number of carbonyl (C=O) groups excluding carboxylic acids is 2. The lowest BCUT2D eigenvalue weighted by Crippen LogP contribution is -2.47. The van der Waals surface area contributed by atoms with Gasteiger partial charge < -0.3 is 15.0 Å². The lowest BCUT2D eigenvalue weighted by atomic mass is 10.2. The summed E-state index contributed by atoms with van der Waals surface area (Å²) in [6, 6.07) is 0. The van der Waals surface area contributed by atoms with Crippen molar-refractivity contribution in [2.24, 2.45) is 0 Å². The van der Waals surface area contributed by atoms with Crippen LogP contribution in [0.5, 0.6) is 0 Å². The fourth-order valence-electron chi connectivity index (χ4n) is 3.12. The first kappa shape index (κ1) is 13.8. The van der Waals surface area contributed by atoms with Crippen molar-refractivity contribution in [3.63, 3.8) is 0 Å². The van der Waals surface area contributed by atoms with Crippen LogP contribution in [0.25, 0.3) is 0 Å². The highest BCUT2D eigenvalue weighted by molar-refractivity contribution is 6.22. The molecule has 2 N–H and O–H groups in total. The van der Waals surface area contributed by atoms with E-state index in [0.717, 1.165) is 30.1 Å². The summed E-state index contributed by atoms with van der Waals surface area (Å²) in [5.74, 6) is -0.172. The number of nitrogens with one attached hydrogen (secondary N) is 2. The molecular formula is C14H18ClN5O3. The highest BCUT2D eigenvalue weighted by Crippen LogP contribution is 2.28. The van der Waals surface area contributed by atoms with E-state index < -0.39 is 5.50 Å². The number of hydrogen-bond acceptors (Lipinski definition) is 6. The van der Waals surface area contributed by atoms with Crippen molar-refractivity contribution >= 4 is 23.4 Å². The first-order valence-corrected chi connectivity index (χ1v) is 8.08. The monoisotopic (exact) mass is 340 g/mol. The highest BCUT2D eigenvalue weighted by atomic mass is 35.5. The molecule has 1 fully saturated rings. The normalized spacial score (nSPS) is 29.5. The number of halogens is 1. The molecule has 23 heavy (non-hydrogen) atoms. The van der Waals surface area contributed by atoms with Crippen molar-refractivity contribution in [2.45, 2.75) is 5.50 Å². The Balaban J connectivity index is 1.45. The molecule has 4 aliphatic heterocycles. The Morgan fingerprint density at radius 3 is 2.87 bits per heavy atom. The zero-order chi connectivity index (χ0) is 16.8. The minimum Gasteiger partial charge on any atom is -0.379 e. The van der Waals surface area contributed by atoms with Crippen LogP contribution in [0.1, 0.15) is 0 Å². The Kier molecular flexibility index (Phi) is 3.47. The predicted octanol–water partition coefficient (Wildman–Crippen LogP) is -1.23. The van der Waals surface area contributed by atoms with Gasteiger partial charge in [0, 0.05) is 26.2 Å². The van der Waals surface area contributed by atoms with Crippen molar-refractivity contribution in [1.82, 2.24) is 25.5 Å². The van der Waals surface area contributed by atoms with E-state index in [0.29, 0.717) is 36.8 Å². The number of fused-ring (bicyclic) bond motifs is 1. The van der Waals surface area contributed by atoms with Crippen LogP contribution in [0.2, 0.25) is 1.41 Å². The maximum atomic E-state index is 12.6. The van der Waals surface area contributed by atoms with Crippen LogP contribution in [0.3, 0.4) is 0 Å². The van der Waals surface area contributed by atoms with Crippen LogP contribution in [0.15, 0.2) is 23.2 Å². The van der Waals surface area contributed by atoms with Gasteiger partial charge in [-0.1, -0.05) is 11.6 Å². The Bertz CT molecular complexity index is 648. The summed E-state index contributed by atoms with van der Waals surface area (Å²) in [6.07, 6.45) is 1.54. The molecule has 1 unspecified atom stereocenters. The first-order chi connectivity index (χ1) is 11.6. The summed E-state index contributed by atoms with van der Waals surface area (Å²) in [5.41, 5.74) is 0.867. The number of alkyl halides is 1. The van der Waals surface area contributed by atoms with Crippen molar-refractivity contribution in [3.05, 3.63) is 23.2 Å². The zero-order valence-electron chi connectivity index (χ0n) is 13.5. The molecule has 0 saturated carbocycles. The van der Waals surface area contributed by atoms with Crippen LogP contribution in [-0.2, 0) is 14.3 Å². The molecule has 0 radical (unpaired) electrons. The second-order valence-corrected chi connectivity index (χ2v) is 6.26. The minimum absolute atomic E-state index is 0.179. The van der Waals surface area contributed by atoms with Gasteiger partial charge in [-0.2, -0.15) is 0 Å². The molecular weight excluding hydrogens is 322 g/mol. The molecule has 0 aromatic rings. The van der Waals surface area contributed by atoms with Crippen LogP contribution < -0.4 is 10.7 Å². The van der Waals surface area contributed by atoms with Crippen molar-refractivity contribution in [1.29, 1.82) is 0 Å². The molecule has 0 aromatic carbocycles. The molecule has 0 aliphatic carbocycles. The molecule has 124 valence electrons. The smallest absolute Gasteiger partial charge is 0.274 e. The number of amides is 2. The zero-order valence-corrected chi connectivity index (χ0v) is 13.3. The van der Waals surface area contributed by atoms with Gasteiger partial charge in [-0.05, 0) is 6.08 Å². The van der Waals surface area contributed by atoms with E-state index in [1.165, 1.54) is 0 Å². The summed E-state index contributed by atoms with van der Waals surface area (Å²) in [5, 5.41) is 4.12. The third-order valence-corrected chi connectivity index (χ3v) is 4.61. The molecule has 0 aromatic heterocycles. The second-order valence-electron chi connectivity index (χ2n) is 5.82. The quantitative estimate of drug-likeness (QED) is 0.495. The Morgan fingerprint density at radius 2 is 2.09 bits per heavy atom. The van der Waals surface area contributed by atoms with Gasteiger partial charge in [0.1, 0.15) is 17.0 Å². The summed E-state index contributed by atoms with van der Waals surface area (Å²) < 4.78 is 13.1. The van der Waals surface area contributed by atoms with E-state index in [1.807, 2.05) is 0 Å².